The minimum Gasteiger partial charge on any atom is -0.359 e. The number of nitrogens with zero attached hydrogens (tertiary/aromatic N) is 5. The Balaban J connectivity index is 0.000000295. The van der Waals surface area contributed by atoms with Crippen LogP contribution in [0.25, 0.3) is 0 Å². The molecule has 2 aromatic heterocycles. The molecule has 0 saturated heterocycles. The first kappa shape index (κ1) is 34.7. The zero-order valence-electron chi connectivity index (χ0n) is 23.9. The summed E-state index contributed by atoms with van der Waals surface area (Å²) in [4.78, 5) is 4.00. The molecule has 7 nitrogen and oxygen atoms in total. The van der Waals surface area contributed by atoms with Crippen LogP contribution in [0.5, 0.6) is 0 Å². The van der Waals surface area contributed by atoms with E-state index in [9.17, 15) is 0 Å². The summed E-state index contributed by atoms with van der Waals surface area (Å²) in [7, 11) is -1.94. The zero-order valence-corrected chi connectivity index (χ0v) is 30.6. The van der Waals surface area contributed by atoms with Gasteiger partial charge in [0.1, 0.15) is 22.7 Å². The number of ether oxygens (including phenoxy) is 2. The van der Waals surface area contributed by atoms with Crippen molar-refractivity contribution in [3.05, 3.63) is 42.8 Å². The molecule has 0 bridgehead atoms. The second kappa shape index (κ2) is 16.7. The highest BCUT2D eigenvalue weighted by Crippen LogP contribution is 2.16. The van der Waals surface area contributed by atoms with Crippen LogP contribution in [-0.4, -0.2) is 61.7 Å². The van der Waals surface area contributed by atoms with E-state index >= 15 is 0 Å². The van der Waals surface area contributed by atoms with Crippen molar-refractivity contribution in [2.45, 2.75) is 85.6 Å². The zero-order chi connectivity index (χ0) is 28.2. The summed E-state index contributed by atoms with van der Waals surface area (Å²) in [5.74, 6) is 0. The van der Waals surface area contributed by atoms with Crippen LogP contribution in [0.3, 0.4) is 0 Å². The van der Waals surface area contributed by atoms with Crippen molar-refractivity contribution in [3.8, 4) is 0 Å². The van der Waals surface area contributed by atoms with Crippen LogP contribution in [0, 0.1) is 13.8 Å². The molecule has 0 amide bonds. The molecule has 0 radical (unpaired) electrons. The van der Waals surface area contributed by atoms with Gasteiger partial charge in [0.15, 0.2) is 0 Å². The number of aromatic nitrogens is 4. The maximum atomic E-state index is 5.60. The van der Waals surface area contributed by atoms with E-state index in [-0.39, 0.29) is 0 Å². The van der Waals surface area contributed by atoms with Gasteiger partial charge in [-0.2, -0.15) is 10.2 Å². The van der Waals surface area contributed by atoms with Crippen LogP contribution in [0.15, 0.2) is 36.6 Å². The molecule has 0 fully saturated rings. The minimum absolute atomic E-state index is 0.541. The molecule has 0 saturated carbocycles. The topological polar surface area (TPSA) is 66.5 Å². The van der Waals surface area contributed by atoms with Crippen LogP contribution in [-0.2, 0) is 22.9 Å². The second-order valence-electron chi connectivity index (χ2n) is 11.5. The highest BCUT2D eigenvalue weighted by atomic mass is 79.9. The van der Waals surface area contributed by atoms with Gasteiger partial charge in [0.05, 0.1) is 18.9 Å². The fourth-order valence-corrected chi connectivity index (χ4v) is 4.98. The lowest BCUT2D eigenvalue weighted by Crippen LogP contribution is -2.22. The van der Waals surface area contributed by atoms with Gasteiger partial charge in [-0.05, 0) is 70.3 Å². The monoisotopic (exact) mass is 739 g/mol. The summed E-state index contributed by atoms with van der Waals surface area (Å²) in [5, 5.41) is 8.41. The van der Waals surface area contributed by atoms with Gasteiger partial charge in [-0.15, -0.1) is 0 Å². The molecule has 0 atom stereocenters. The number of hydrogen-bond acceptors (Lipinski definition) is 5. The molecule has 2 aromatic rings. The first-order valence-electron chi connectivity index (χ1n) is 12.5. The molecular formula is C25H44Br3N5O2Si2. The van der Waals surface area contributed by atoms with Gasteiger partial charge in [0.25, 0.3) is 0 Å². The van der Waals surface area contributed by atoms with Crippen LogP contribution in [0.4, 0.5) is 0 Å². The number of hydrogen-bond donors (Lipinski definition) is 0. The predicted molar refractivity (Wildman–Crippen MR) is 173 cm³/mol. The van der Waals surface area contributed by atoms with Gasteiger partial charge < -0.3 is 9.47 Å². The number of aliphatic imine (C=N–C) groups is 1. The smallest absolute Gasteiger partial charge is 0.140 e. The molecule has 0 N–H and O–H groups in total. The van der Waals surface area contributed by atoms with Crippen molar-refractivity contribution in [1.29, 1.82) is 0 Å². The van der Waals surface area contributed by atoms with Gasteiger partial charge in [-0.1, -0.05) is 55.2 Å². The van der Waals surface area contributed by atoms with E-state index < -0.39 is 16.1 Å². The number of halogens is 3. The van der Waals surface area contributed by atoms with Crippen molar-refractivity contribution < 1.29 is 9.47 Å². The third kappa shape index (κ3) is 15.1. The molecule has 0 unspecified atom stereocenters. The van der Waals surface area contributed by atoms with Gasteiger partial charge in [0, 0.05) is 51.2 Å². The number of allylic oxidation sites excluding steroid dienone is 1. The average molecular weight is 743 g/mol. The van der Waals surface area contributed by atoms with E-state index in [1.54, 1.807) is 0 Å². The third-order valence-corrected chi connectivity index (χ3v) is 11.6. The Morgan fingerprint density at radius 2 is 1.16 bits per heavy atom. The lowest BCUT2D eigenvalue weighted by molar-refractivity contribution is 0.0768. The van der Waals surface area contributed by atoms with E-state index in [1.165, 1.54) is 22.1 Å². The molecule has 3 rings (SSSR count). The largest absolute Gasteiger partial charge is 0.359 e. The van der Waals surface area contributed by atoms with E-state index in [1.807, 2.05) is 48.7 Å². The Hall–Kier alpha value is -0.376. The molecule has 3 heterocycles. The van der Waals surface area contributed by atoms with Crippen molar-refractivity contribution in [3.63, 3.8) is 0 Å². The van der Waals surface area contributed by atoms with Crippen molar-refractivity contribution in [2.24, 2.45) is 4.99 Å². The quantitative estimate of drug-likeness (QED) is 0.182. The number of rotatable bonds is 10. The van der Waals surface area contributed by atoms with E-state index in [4.69, 9.17) is 9.47 Å². The van der Waals surface area contributed by atoms with E-state index in [2.05, 4.69) is 102 Å². The lowest BCUT2D eigenvalue weighted by Gasteiger charge is -2.15. The summed E-state index contributed by atoms with van der Waals surface area (Å²) in [6.07, 6.45) is 5.56. The van der Waals surface area contributed by atoms with Crippen LogP contribution in [0.2, 0.25) is 51.4 Å². The minimum atomic E-state index is -0.970. The fraction of sp³-hybridized carbons (Fsp3) is 0.640. The van der Waals surface area contributed by atoms with Crippen LogP contribution in [0.1, 0.15) is 18.1 Å². The molecule has 1 aliphatic rings. The molecule has 12 heteroatoms. The van der Waals surface area contributed by atoms with Gasteiger partial charge in [-0.25, -0.2) is 9.36 Å². The average Bonchev–Trinajstić information content (AvgIpc) is 3.43. The van der Waals surface area contributed by atoms with E-state index in [0.29, 0.717) is 13.5 Å². The summed E-state index contributed by atoms with van der Waals surface area (Å²) in [6.45, 7) is 23.8. The Morgan fingerprint density at radius 3 is 1.38 bits per heavy atom. The molecule has 0 aliphatic carbocycles. The maximum absolute atomic E-state index is 5.60. The van der Waals surface area contributed by atoms with E-state index in [0.717, 1.165) is 40.1 Å². The SMILES string of the molecule is CC1=C(Br)CN=C1.Cc1cnn(COCC[Si](C)(C)C)c1Br.Cc1cnn(COCC[Si](C)(C)C)c1Br. The summed E-state index contributed by atoms with van der Waals surface area (Å²) in [6, 6.07) is 2.40. The highest BCUT2D eigenvalue weighted by molar-refractivity contribution is 9.11. The normalized spacial score (nSPS) is 13.4. The lowest BCUT2D eigenvalue weighted by atomic mass is 10.3. The molecular weight excluding hydrogens is 698 g/mol. The summed E-state index contributed by atoms with van der Waals surface area (Å²) >= 11 is 10.3. The Morgan fingerprint density at radius 1 is 0.757 bits per heavy atom. The molecule has 0 spiro atoms. The summed E-state index contributed by atoms with van der Waals surface area (Å²) < 4.78 is 18.1. The Labute approximate surface area is 250 Å². The fourth-order valence-electron chi connectivity index (χ4n) is 2.62. The van der Waals surface area contributed by atoms with Crippen LogP contribution < -0.4 is 0 Å². The van der Waals surface area contributed by atoms with Crippen molar-refractivity contribution in [1.82, 2.24) is 19.6 Å². The Bertz CT molecular complexity index is 960. The predicted octanol–water partition coefficient (Wildman–Crippen LogP) is 8.27. The van der Waals surface area contributed by atoms with Gasteiger partial charge in [-0.3, -0.25) is 4.99 Å². The molecule has 210 valence electrons. The van der Waals surface area contributed by atoms with Crippen molar-refractivity contribution >= 4 is 70.2 Å². The first-order valence-corrected chi connectivity index (χ1v) is 22.3. The first-order chi connectivity index (χ1) is 17.1. The standard InChI is InChI=1S/2C10H19BrN2OSi.C5H6BrN/c2*1-9-7-12-13(10(9)11)8-14-5-6-15(2,3)4;1-4-2-7-3-5(4)6/h2*7H,5-6,8H2,1-4H3;2H,3H2,1H3. The molecule has 1 aliphatic heterocycles. The molecule has 0 aromatic carbocycles. The maximum Gasteiger partial charge on any atom is 0.140 e. The third-order valence-electron chi connectivity index (χ3n) is 5.25. The van der Waals surface area contributed by atoms with Crippen LogP contribution >= 0.6 is 47.8 Å². The summed E-state index contributed by atoms with van der Waals surface area (Å²) in [5.41, 5.74) is 3.53. The van der Waals surface area contributed by atoms with Gasteiger partial charge in [0.2, 0.25) is 0 Å². The second-order valence-corrected chi connectivity index (χ2v) is 25.2. The highest BCUT2D eigenvalue weighted by Gasteiger charge is 2.13. The Kier molecular flexibility index (Phi) is 15.6. The van der Waals surface area contributed by atoms with Gasteiger partial charge >= 0.3 is 0 Å². The van der Waals surface area contributed by atoms with Crippen molar-refractivity contribution in [2.75, 3.05) is 19.8 Å². The molecule has 37 heavy (non-hydrogen) atoms. The number of aryl methyl sites for hydroxylation is 2.